The zero-order valence-corrected chi connectivity index (χ0v) is 12.9. The van der Waals surface area contributed by atoms with Crippen LogP contribution in [-0.2, 0) is 9.59 Å². The number of amides is 2. The molecule has 0 aromatic heterocycles. The van der Waals surface area contributed by atoms with Gasteiger partial charge >= 0.3 is 0 Å². The zero-order valence-electron chi connectivity index (χ0n) is 11.4. The van der Waals surface area contributed by atoms with Crippen LogP contribution in [0, 0.1) is 0 Å². The smallest absolute Gasteiger partial charge is 0.232 e. The molecule has 2 aromatic carbocycles. The highest BCUT2D eigenvalue weighted by Crippen LogP contribution is 2.34. The van der Waals surface area contributed by atoms with Gasteiger partial charge in [-0.2, -0.15) is 0 Å². The van der Waals surface area contributed by atoms with Gasteiger partial charge in [0.15, 0.2) is 0 Å². The Bertz CT molecular complexity index is 741. The zero-order chi connectivity index (χ0) is 15.7. The highest BCUT2D eigenvalue weighted by molar-refractivity contribution is 6.35. The van der Waals surface area contributed by atoms with Crippen LogP contribution in [0.15, 0.2) is 42.5 Å². The number of hydrogen-bond acceptors (Lipinski definition) is 2. The van der Waals surface area contributed by atoms with Gasteiger partial charge in [-0.1, -0.05) is 41.4 Å². The van der Waals surface area contributed by atoms with Crippen LogP contribution in [0.5, 0.6) is 0 Å². The van der Waals surface area contributed by atoms with E-state index >= 15 is 0 Å². The van der Waals surface area contributed by atoms with Crippen molar-refractivity contribution in [3.63, 3.8) is 0 Å². The molecule has 0 bridgehead atoms. The molecule has 2 N–H and O–H groups in total. The van der Waals surface area contributed by atoms with Crippen molar-refractivity contribution >= 4 is 46.4 Å². The molecular formula is C16H12Cl2N2O2. The van der Waals surface area contributed by atoms with Crippen LogP contribution in [0.2, 0.25) is 10.0 Å². The Labute approximate surface area is 137 Å². The van der Waals surface area contributed by atoms with Crippen LogP contribution in [0.4, 0.5) is 11.4 Å². The van der Waals surface area contributed by atoms with Crippen LogP contribution in [0.25, 0.3) is 0 Å². The summed E-state index contributed by atoms with van der Waals surface area (Å²) < 4.78 is 0. The van der Waals surface area contributed by atoms with Crippen LogP contribution < -0.4 is 10.6 Å². The SMILES string of the molecule is O=C(CC1C(=O)Nc2ccccc21)Nc1cc(Cl)cc(Cl)c1. The number of carbonyl (C=O) groups is 2. The number of nitrogens with one attached hydrogen (secondary N) is 2. The first-order chi connectivity index (χ1) is 10.5. The molecule has 0 saturated carbocycles. The first-order valence-corrected chi connectivity index (χ1v) is 7.44. The average molecular weight is 335 g/mol. The minimum Gasteiger partial charge on any atom is -0.326 e. The molecule has 2 amide bonds. The summed E-state index contributed by atoms with van der Waals surface area (Å²) in [6.07, 6.45) is 0.0625. The first kappa shape index (κ1) is 14.9. The lowest BCUT2D eigenvalue weighted by Crippen LogP contribution is -2.20. The number of fused-ring (bicyclic) bond motifs is 1. The van der Waals surface area contributed by atoms with Gasteiger partial charge in [0, 0.05) is 27.8 Å². The van der Waals surface area contributed by atoms with E-state index in [0.29, 0.717) is 15.7 Å². The molecule has 1 aliphatic heterocycles. The highest BCUT2D eigenvalue weighted by atomic mass is 35.5. The lowest BCUT2D eigenvalue weighted by atomic mass is 9.97. The van der Waals surface area contributed by atoms with E-state index in [2.05, 4.69) is 10.6 Å². The van der Waals surface area contributed by atoms with Crippen LogP contribution in [0.1, 0.15) is 17.9 Å². The second-order valence-corrected chi connectivity index (χ2v) is 5.91. The number of anilines is 2. The molecule has 1 unspecified atom stereocenters. The third-order valence-corrected chi connectivity index (χ3v) is 3.88. The molecule has 112 valence electrons. The lowest BCUT2D eigenvalue weighted by Gasteiger charge is -2.10. The Morgan fingerprint density at radius 1 is 1.14 bits per heavy atom. The van der Waals surface area contributed by atoms with Crippen molar-refractivity contribution < 1.29 is 9.59 Å². The maximum absolute atomic E-state index is 12.2. The second-order valence-electron chi connectivity index (χ2n) is 5.04. The summed E-state index contributed by atoms with van der Waals surface area (Å²) in [5.41, 5.74) is 2.11. The van der Waals surface area contributed by atoms with Crippen LogP contribution in [0.3, 0.4) is 0 Å². The summed E-state index contributed by atoms with van der Waals surface area (Å²) >= 11 is 11.8. The molecule has 4 nitrogen and oxygen atoms in total. The monoisotopic (exact) mass is 334 g/mol. The van der Waals surface area contributed by atoms with E-state index in [4.69, 9.17) is 23.2 Å². The minimum atomic E-state index is -0.481. The molecule has 0 radical (unpaired) electrons. The van der Waals surface area contributed by atoms with Gasteiger partial charge in [-0.05, 0) is 29.8 Å². The second kappa shape index (κ2) is 5.99. The third kappa shape index (κ3) is 3.08. The van der Waals surface area contributed by atoms with Gasteiger partial charge in [0.2, 0.25) is 11.8 Å². The number of carbonyl (C=O) groups excluding carboxylic acids is 2. The maximum Gasteiger partial charge on any atom is 0.232 e. The van der Waals surface area contributed by atoms with Crippen LogP contribution >= 0.6 is 23.2 Å². The molecule has 0 spiro atoms. The summed E-state index contributed by atoms with van der Waals surface area (Å²) in [6.45, 7) is 0. The molecular weight excluding hydrogens is 323 g/mol. The van der Waals surface area contributed by atoms with E-state index in [1.54, 1.807) is 18.2 Å². The molecule has 1 aliphatic rings. The summed E-state index contributed by atoms with van der Waals surface area (Å²) in [5.74, 6) is -0.915. The number of halogens is 2. The van der Waals surface area contributed by atoms with Gasteiger partial charge < -0.3 is 10.6 Å². The lowest BCUT2D eigenvalue weighted by molar-refractivity contribution is -0.122. The van der Waals surface area contributed by atoms with Gasteiger partial charge in [0.05, 0.1) is 5.92 Å². The summed E-state index contributed by atoms with van der Waals surface area (Å²) in [6, 6.07) is 12.2. The molecule has 1 atom stereocenters. The molecule has 0 aliphatic carbocycles. The van der Waals surface area contributed by atoms with E-state index < -0.39 is 5.92 Å². The van der Waals surface area contributed by atoms with E-state index in [1.165, 1.54) is 0 Å². The van der Waals surface area contributed by atoms with Gasteiger partial charge in [-0.25, -0.2) is 0 Å². The summed E-state index contributed by atoms with van der Waals surface area (Å²) in [7, 11) is 0. The number of para-hydroxylation sites is 1. The Morgan fingerprint density at radius 2 is 1.82 bits per heavy atom. The van der Waals surface area contributed by atoms with E-state index in [1.807, 2.05) is 24.3 Å². The Kier molecular flexibility index (Phi) is 4.05. The van der Waals surface area contributed by atoms with Crippen molar-refractivity contribution in [2.45, 2.75) is 12.3 Å². The van der Waals surface area contributed by atoms with Gasteiger partial charge in [-0.3, -0.25) is 9.59 Å². The Hall–Kier alpha value is -2.04. The third-order valence-electron chi connectivity index (χ3n) is 3.45. The molecule has 2 aromatic rings. The molecule has 0 fully saturated rings. The van der Waals surface area contributed by atoms with Gasteiger partial charge in [-0.15, -0.1) is 0 Å². The van der Waals surface area contributed by atoms with Crippen LogP contribution in [-0.4, -0.2) is 11.8 Å². The average Bonchev–Trinajstić information content (AvgIpc) is 2.74. The van der Waals surface area contributed by atoms with Crippen molar-refractivity contribution in [2.24, 2.45) is 0 Å². The number of rotatable bonds is 3. The molecule has 0 saturated heterocycles. The quantitative estimate of drug-likeness (QED) is 0.889. The fourth-order valence-electron chi connectivity index (χ4n) is 2.50. The molecule has 3 rings (SSSR count). The summed E-state index contributed by atoms with van der Waals surface area (Å²) in [4.78, 5) is 24.2. The number of benzene rings is 2. The first-order valence-electron chi connectivity index (χ1n) is 6.68. The minimum absolute atomic E-state index is 0.0625. The van der Waals surface area contributed by atoms with Gasteiger partial charge in [0.25, 0.3) is 0 Å². The Balaban J connectivity index is 1.73. The standard InChI is InChI=1S/C16H12Cl2N2O2/c17-9-5-10(18)7-11(6-9)19-15(21)8-13-12-3-1-2-4-14(12)20-16(13)22/h1-7,13H,8H2,(H,19,21)(H,20,22). The molecule has 1 heterocycles. The van der Waals surface area contributed by atoms with E-state index in [9.17, 15) is 9.59 Å². The maximum atomic E-state index is 12.2. The van der Waals surface area contributed by atoms with E-state index in [-0.39, 0.29) is 18.2 Å². The van der Waals surface area contributed by atoms with Crippen molar-refractivity contribution in [3.8, 4) is 0 Å². The van der Waals surface area contributed by atoms with Gasteiger partial charge in [0.1, 0.15) is 0 Å². The number of hydrogen-bond donors (Lipinski definition) is 2. The molecule has 6 heteroatoms. The largest absolute Gasteiger partial charge is 0.326 e. The normalized spacial score (nSPS) is 16.1. The molecule has 22 heavy (non-hydrogen) atoms. The summed E-state index contributed by atoms with van der Waals surface area (Å²) in [5, 5.41) is 6.36. The highest BCUT2D eigenvalue weighted by Gasteiger charge is 2.31. The fraction of sp³-hybridized carbons (Fsp3) is 0.125. The predicted molar refractivity (Wildman–Crippen MR) is 87.5 cm³/mol. The van der Waals surface area contributed by atoms with Crippen molar-refractivity contribution in [1.29, 1.82) is 0 Å². The topological polar surface area (TPSA) is 58.2 Å². The van der Waals surface area contributed by atoms with E-state index in [0.717, 1.165) is 11.3 Å². The van der Waals surface area contributed by atoms with Crippen molar-refractivity contribution in [3.05, 3.63) is 58.1 Å². The fourth-order valence-corrected chi connectivity index (χ4v) is 3.03. The Morgan fingerprint density at radius 3 is 2.55 bits per heavy atom. The predicted octanol–water partition coefficient (Wildman–Crippen LogP) is 4.06. The van der Waals surface area contributed by atoms with Crippen molar-refractivity contribution in [1.82, 2.24) is 0 Å². The van der Waals surface area contributed by atoms with Crippen molar-refractivity contribution in [2.75, 3.05) is 10.6 Å².